The number of rotatable bonds is 6. The van der Waals surface area contributed by atoms with E-state index in [1.807, 2.05) is 26.0 Å². The minimum atomic E-state index is -0.200. The lowest BCUT2D eigenvalue weighted by molar-refractivity contribution is -0.113. The lowest BCUT2D eigenvalue weighted by atomic mass is 10.1. The van der Waals surface area contributed by atoms with E-state index in [1.54, 1.807) is 25.3 Å². The number of aromatic nitrogens is 1. The fourth-order valence-electron chi connectivity index (χ4n) is 3.07. The molecule has 1 N–H and O–H groups in total. The van der Waals surface area contributed by atoms with Crippen LogP contribution in [0.25, 0.3) is 10.9 Å². The van der Waals surface area contributed by atoms with Gasteiger partial charge in [0.15, 0.2) is 11.5 Å². The van der Waals surface area contributed by atoms with Crippen LogP contribution in [0.4, 0.5) is 5.69 Å². The number of aryl methyl sites for hydroxylation is 2. The first-order valence-corrected chi connectivity index (χ1v) is 9.90. The molecule has 3 aromatic rings. The molecule has 6 nitrogen and oxygen atoms in total. The minimum absolute atomic E-state index is 0.131. The van der Waals surface area contributed by atoms with Crippen LogP contribution in [0.2, 0.25) is 0 Å². The Morgan fingerprint density at radius 1 is 1.14 bits per heavy atom. The van der Waals surface area contributed by atoms with E-state index in [0.29, 0.717) is 27.8 Å². The Morgan fingerprint density at radius 2 is 1.90 bits per heavy atom. The molecule has 1 aromatic heterocycles. The van der Waals surface area contributed by atoms with Crippen molar-refractivity contribution in [2.45, 2.75) is 18.9 Å². The van der Waals surface area contributed by atoms with E-state index in [2.05, 4.69) is 22.4 Å². The maximum absolute atomic E-state index is 12.4. The first-order chi connectivity index (χ1) is 13.9. The molecule has 0 saturated heterocycles. The zero-order valence-electron chi connectivity index (χ0n) is 16.7. The predicted molar refractivity (Wildman–Crippen MR) is 115 cm³/mol. The summed E-state index contributed by atoms with van der Waals surface area (Å²) in [6.07, 6.45) is 0. The number of carbonyl (C=O) groups excluding carboxylic acids is 1. The number of pyridine rings is 1. The van der Waals surface area contributed by atoms with E-state index in [4.69, 9.17) is 9.47 Å². The zero-order valence-corrected chi connectivity index (χ0v) is 17.5. The van der Waals surface area contributed by atoms with Crippen LogP contribution in [0, 0.1) is 25.2 Å². The molecule has 148 valence electrons. The second-order valence-corrected chi connectivity index (χ2v) is 7.48. The Hall–Kier alpha value is -3.24. The van der Waals surface area contributed by atoms with Crippen molar-refractivity contribution in [1.82, 2.24) is 4.98 Å². The van der Waals surface area contributed by atoms with Crippen molar-refractivity contribution in [3.63, 3.8) is 0 Å². The van der Waals surface area contributed by atoms with Crippen molar-refractivity contribution in [2.24, 2.45) is 0 Å². The van der Waals surface area contributed by atoms with Crippen LogP contribution >= 0.6 is 11.8 Å². The second kappa shape index (κ2) is 8.84. The zero-order chi connectivity index (χ0) is 21.0. The SMILES string of the molecule is COc1ccc(NC(=O)CSc2nc3c(C)cc(C)cc3cc2C#N)cc1OC. The normalized spacial score (nSPS) is 10.4. The summed E-state index contributed by atoms with van der Waals surface area (Å²) in [5.41, 5.74) is 4.08. The average Bonchev–Trinajstić information content (AvgIpc) is 2.71. The molecule has 0 aliphatic heterocycles. The molecule has 0 radical (unpaired) electrons. The topological polar surface area (TPSA) is 84.2 Å². The quantitative estimate of drug-likeness (QED) is 0.607. The van der Waals surface area contributed by atoms with Gasteiger partial charge in [0.1, 0.15) is 11.1 Å². The van der Waals surface area contributed by atoms with Crippen LogP contribution in [0.3, 0.4) is 0 Å². The summed E-state index contributed by atoms with van der Waals surface area (Å²) >= 11 is 1.24. The van der Waals surface area contributed by atoms with Crippen LogP contribution in [-0.2, 0) is 4.79 Å². The van der Waals surface area contributed by atoms with Crippen LogP contribution in [0.5, 0.6) is 11.5 Å². The van der Waals surface area contributed by atoms with Gasteiger partial charge < -0.3 is 14.8 Å². The van der Waals surface area contributed by atoms with Gasteiger partial charge in [0.25, 0.3) is 0 Å². The molecule has 7 heteroatoms. The molecule has 0 aliphatic rings. The van der Waals surface area contributed by atoms with Crippen molar-refractivity contribution >= 4 is 34.3 Å². The third-order valence-electron chi connectivity index (χ3n) is 4.35. The summed E-state index contributed by atoms with van der Waals surface area (Å²) in [4.78, 5) is 17.0. The molecule has 0 spiro atoms. The molecule has 1 heterocycles. The average molecular weight is 407 g/mol. The number of nitriles is 1. The largest absolute Gasteiger partial charge is 0.493 e. The van der Waals surface area contributed by atoms with Gasteiger partial charge in [-0.3, -0.25) is 4.79 Å². The van der Waals surface area contributed by atoms with Crippen LogP contribution in [-0.4, -0.2) is 30.9 Å². The summed E-state index contributed by atoms with van der Waals surface area (Å²) in [5.74, 6) is 1.05. The molecule has 3 rings (SSSR count). The number of hydrogen-bond donors (Lipinski definition) is 1. The number of benzene rings is 2. The number of nitrogens with zero attached hydrogens (tertiary/aromatic N) is 2. The number of fused-ring (bicyclic) bond motifs is 1. The fourth-order valence-corrected chi connectivity index (χ4v) is 3.83. The number of ether oxygens (including phenoxy) is 2. The standard InChI is InChI=1S/C22H21N3O3S/c1-13-7-14(2)21-15(8-13)9-16(11-23)22(25-21)29-12-20(26)24-17-5-6-18(27-3)19(10-17)28-4/h5-10H,12H2,1-4H3,(H,24,26). The van der Waals surface area contributed by atoms with E-state index >= 15 is 0 Å². The highest BCUT2D eigenvalue weighted by atomic mass is 32.2. The Balaban J connectivity index is 1.76. The second-order valence-electron chi connectivity index (χ2n) is 6.51. The summed E-state index contributed by atoms with van der Waals surface area (Å²) < 4.78 is 10.4. The highest BCUT2D eigenvalue weighted by molar-refractivity contribution is 8.00. The molecule has 29 heavy (non-hydrogen) atoms. The highest BCUT2D eigenvalue weighted by Gasteiger charge is 2.13. The Labute approximate surface area is 173 Å². The van der Waals surface area contributed by atoms with Crippen molar-refractivity contribution in [1.29, 1.82) is 5.26 Å². The molecule has 0 atom stereocenters. The maximum Gasteiger partial charge on any atom is 0.234 e. The van der Waals surface area contributed by atoms with E-state index < -0.39 is 0 Å². The molecular formula is C22H21N3O3S. The van der Waals surface area contributed by atoms with E-state index in [-0.39, 0.29) is 11.7 Å². The lowest BCUT2D eigenvalue weighted by Gasteiger charge is -2.11. The number of amides is 1. The van der Waals surface area contributed by atoms with Crippen LogP contribution in [0.1, 0.15) is 16.7 Å². The van der Waals surface area contributed by atoms with Crippen molar-refractivity contribution in [3.8, 4) is 17.6 Å². The summed E-state index contributed by atoms with van der Waals surface area (Å²) in [5, 5.41) is 13.8. The van der Waals surface area contributed by atoms with E-state index in [0.717, 1.165) is 22.0 Å². The Morgan fingerprint density at radius 3 is 2.59 bits per heavy atom. The van der Waals surface area contributed by atoms with Crippen LogP contribution < -0.4 is 14.8 Å². The van der Waals surface area contributed by atoms with Gasteiger partial charge in [0.05, 0.1) is 31.1 Å². The van der Waals surface area contributed by atoms with Gasteiger partial charge >= 0.3 is 0 Å². The van der Waals surface area contributed by atoms with Gasteiger partial charge in [0.2, 0.25) is 5.91 Å². The monoisotopic (exact) mass is 407 g/mol. The van der Waals surface area contributed by atoms with Gasteiger partial charge in [-0.25, -0.2) is 4.98 Å². The third-order valence-corrected chi connectivity index (χ3v) is 5.34. The van der Waals surface area contributed by atoms with Crippen molar-refractivity contribution in [2.75, 3.05) is 25.3 Å². The number of hydrogen-bond acceptors (Lipinski definition) is 6. The number of nitrogens with one attached hydrogen (secondary N) is 1. The molecular weight excluding hydrogens is 386 g/mol. The molecule has 2 aromatic carbocycles. The molecule has 0 fully saturated rings. The van der Waals surface area contributed by atoms with Crippen LogP contribution in [0.15, 0.2) is 41.4 Å². The first kappa shape index (κ1) is 20.5. The van der Waals surface area contributed by atoms with E-state index in [9.17, 15) is 10.1 Å². The molecule has 0 unspecified atom stereocenters. The van der Waals surface area contributed by atoms with Crippen molar-refractivity contribution < 1.29 is 14.3 Å². The maximum atomic E-state index is 12.4. The highest BCUT2D eigenvalue weighted by Crippen LogP contribution is 2.30. The first-order valence-electron chi connectivity index (χ1n) is 8.92. The minimum Gasteiger partial charge on any atom is -0.493 e. The Bertz CT molecular complexity index is 1120. The Kier molecular flexibility index (Phi) is 6.25. The number of methoxy groups -OCH3 is 2. The smallest absolute Gasteiger partial charge is 0.234 e. The van der Waals surface area contributed by atoms with Gasteiger partial charge in [-0.2, -0.15) is 5.26 Å². The molecule has 1 amide bonds. The number of thioether (sulfide) groups is 1. The lowest BCUT2D eigenvalue weighted by Crippen LogP contribution is -2.14. The van der Waals surface area contributed by atoms with Gasteiger partial charge in [0, 0.05) is 17.1 Å². The van der Waals surface area contributed by atoms with Crippen molar-refractivity contribution in [3.05, 3.63) is 53.1 Å². The van der Waals surface area contributed by atoms with E-state index in [1.165, 1.54) is 18.9 Å². The molecule has 0 saturated carbocycles. The van der Waals surface area contributed by atoms with Gasteiger partial charge in [-0.05, 0) is 43.7 Å². The number of anilines is 1. The molecule has 0 aliphatic carbocycles. The van der Waals surface area contributed by atoms with Gasteiger partial charge in [-0.15, -0.1) is 0 Å². The summed E-state index contributed by atoms with van der Waals surface area (Å²) in [6.45, 7) is 4.01. The molecule has 0 bridgehead atoms. The predicted octanol–water partition coefficient (Wildman–Crippen LogP) is 4.47. The fraction of sp³-hybridized carbons (Fsp3) is 0.227. The summed E-state index contributed by atoms with van der Waals surface area (Å²) in [6, 6.07) is 13.2. The summed E-state index contributed by atoms with van der Waals surface area (Å²) in [7, 11) is 3.09. The third kappa shape index (κ3) is 4.61. The number of carbonyl (C=O) groups is 1. The van der Waals surface area contributed by atoms with Gasteiger partial charge in [-0.1, -0.05) is 23.4 Å².